The fourth-order valence-electron chi connectivity index (χ4n) is 11.3. The fraction of sp³-hybridized carbons (Fsp3) is 0.0149. The van der Waals surface area contributed by atoms with Crippen LogP contribution in [-0.2, 0) is 0 Å². The number of aryl methyl sites for hydroxylation is 1. The van der Waals surface area contributed by atoms with Gasteiger partial charge in [-0.15, -0.1) is 0 Å². The SMILES string of the molecule is Cc1ccc(-n2c3ccc(N(c4ccc(F)cc4)c4ccc5c(c4)c4ccccc4n5-c4ccc(F)cc4)cc3c3cc(N(c4ccc(F)cc4)c4ccc5c(c4)c4ccccc4n5-c4ccc(F)cc4)ccc32)cc1. The molecule has 3 heterocycles. The molecule has 0 aliphatic rings. The molecule has 76 heavy (non-hydrogen) atoms. The number of nitrogens with zero attached hydrogens (tertiary/aromatic N) is 5. The number of hydrogen-bond donors (Lipinski definition) is 0. The monoisotopic (exact) mass is 993 g/mol. The van der Waals surface area contributed by atoms with Gasteiger partial charge in [0.25, 0.3) is 0 Å². The molecule has 0 unspecified atom stereocenters. The second-order valence-corrected chi connectivity index (χ2v) is 19.3. The van der Waals surface area contributed by atoms with Gasteiger partial charge in [-0.1, -0.05) is 54.1 Å². The predicted molar refractivity (Wildman–Crippen MR) is 303 cm³/mol. The minimum absolute atomic E-state index is 0.301. The summed E-state index contributed by atoms with van der Waals surface area (Å²) in [6.07, 6.45) is 0. The minimum Gasteiger partial charge on any atom is -0.310 e. The number of hydrogen-bond acceptors (Lipinski definition) is 2. The van der Waals surface area contributed by atoms with Crippen LogP contribution in [0.1, 0.15) is 5.56 Å². The topological polar surface area (TPSA) is 21.3 Å². The highest BCUT2D eigenvalue weighted by Gasteiger charge is 2.23. The van der Waals surface area contributed by atoms with Crippen LogP contribution in [0.15, 0.2) is 243 Å². The summed E-state index contributed by atoms with van der Waals surface area (Å²) >= 11 is 0. The summed E-state index contributed by atoms with van der Waals surface area (Å²) < 4.78 is 64.7. The molecule has 14 rings (SSSR count). The zero-order chi connectivity index (χ0) is 51.2. The van der Waals surface area contributed by atoms with Crippen molar-refractivity contribution in [1.82, 2.24) is 13.7 Å². The molecule has 9 heteroatoms. The number of fused-ring (bicyclic) bond motifs is 9. The van der Waals surface area contributed by atoms with Gasteiger partial charge in [-0.2, -0.15) is 0 Å². The second-order valence-electron chi connectivity index (χ2n) is 19.3. The zero-order valence-electron chi connectivity index (χ0n) is 40.8. The Hall–Kier alpha value is -9.86. The summed E-state index contributed by atoms with van der Waals surface area (Å²) in [7, 11) is 0. The maximum atomic E-state index is 14.8. The van der Waals surface area contributed by atoms with E-state index in [1.165, 1.54) is 48.5 Å². The average Bonchev–Trinajstić information content (AvgIpc) is 4.19. The Kier molecular flexibility index (Phi) is 10.4. The third kappa shape index (κ3) is 7.38. The molecule has 14 aromatic rings. The Labute approximate surface area is 434 Å². The van der Waals surface area contributed by atoms with E-state index in [2.05, 4.69) is 152 Å². The quantitative estimate of drug-likeness (QED) is 0.134. The Bertz CT molecular complexity index is 4290. The highest BCUT2D eigenvalue weighted by molar-refractivity contribution is 6.14. The van der Waals surface area contributed by atoms with E-state index in [9.17, 15) is 17.6 Å². The van der Waals surface area contributed by atoms with Crippen molar-refractivity contribution < 1.29 is 17.6 Å². The van der Waals surface area contributed by atoms with Crippen molar-refractivity contribution in [2.45, 2.75) is 6.92 Å². The van der Waals surface area contributed by atoms with Crippen LogP contribution >= 0.6 is 0 Å². The molecule has 0 radical (unpaired) electrons. The van der Waals surface area contributed by atoms with Crippen LogP contribution in [0.2, 0.25) is 0 Å². The van der Waals surface area contributed by atoms with Gasteiger partial charge in [0.2, 0.25) is 0 Å². The fourth-order valence-corrected chi connectivity index (χ4v) is 11.3. The lowest BCUT2D eigenvalue weighted by Crippen LogP contribution is -2.10. The van der Waals surface area contributed by atoms with Crippen LogP contribution in [0.4, 0.5) is 51.7 Å². The summed E-state index contributed by atoms with van der Waals surface area (Å²) in [6, 6.07) is 76.8. The van der Waals surface area contributed by atoms with Gasteiger partial charge in [-0.25, -0.2) is 17.6 Å². The highest BCUT2D eigenvalue weighted by atomic mass is 19.1. The van der Waals surface area contributed by atoms with E-state index in [1.807, 2.05) is 24.3 Å². The summed E-state index contributed by atoms with van der Waals surface area (Å²) in [4.78, 5) is 4.31. The van der Waals surface area contributed by atoms with Crippen LogP contribution in [0, 0.1) is 30.2 Å². The van der Waals surface area contributed by atoms with E-state index in [1.54, 1.807) is 48.5 Å². The molecule has 0 spiro atoms. The van der Waals surface area contributed by atoms with Crippen LogP contribution in [0.5, 0.6) is 0 Å². The Morgan fingerprint density at radius 2 is 0.500 bits per heavy atom. The van der Waals surface area contributed by atoms with E-state index < -0.39 is 0 Å². The molecule has 0 atom stereocenters. The van der Waals surface area contributed by atoms with Crippen LogP contribution in [-0.4, -0.2) is 13.7 Å². The van der Waals surface area contributed by atoms with E-state index in [0.717, 1.165) is 122 Å². The van der Waals surface area contributed by atoms with Crippen molar-refractivity contribution >= 4 is 99.5 Å². The van der Waals surface area contributed by atoms with Crippen LogP contribution < -0.4 is 9.80 Å². The van der Waals surface area contributed by atoms with Gasteiger partial charge in [-0.3, -0.25) is 0 Å². The molecule has 11 aromatic carbocycles. The van der Waals surface area contributed by atoms with Crippen molar-refractivity contribution in [3.8, 4) is 17.1 Å². The maximum Gasteiger partial charge on any atom is 0.123 e. The van der Waals surface area contributed by atoms with Crippen molar-refractivity contribution in [2.75, 3.05) is 9.80 Å². The van der Waals surface area contributed by atoms with Gasteiger partial charge in [0.15, 0.2) is 0 Å². The Morgan fingerprint density at radius 3 is 0.829 bits per heavy atom. The van der Waals surface area contributed by atoms with Crippen molar-refractivity contribution in [3.05, 3.63) is 271 Å². The first kappa shape index (κ1) is 44.8. The molecule has 0 fully saturated rings. The van der Waals surface area contributed by atoms with E-state index in [-0.39, 0.29) is 23.3 Å². The normalized spacial score (nSPS) is 11.8. The third-order valence-electron chi connectivity index (χ3n) is 14.7. The van der Waals surface area contributed by atoms with Gasteiger partial charge >= 0.3 is 0 Å². The van der Waals surface area contributed by atoms with E-state index in [0.29, 0.717) is 0 Å². The Balaban J connectivity index is 0.982. The molecule has 3 aromatic heterocycles. The van der Waals surface area contributed by atoms with Crippen molar-refractivity contribution in [3.63, 3.8) is 0 Å². The van der Waals surface area contributed by atoms with Gasteiger partial charge in [0, 0.05) is 83.5 Å². The summed E-state index contributed by atoms with van der Waals surface area (Å²) in [5.41, 5.74) is 14.7. The number of aromatic nitrogens is 3. The first-order chi connectivity index (χ1) is 37.2. The van der Waals surface area contributed by atoms with Crippen molar-refractivity contribution in [1.29, 1.82) is 0 Å². The molecule has 364 valence electrons. The smallest absolute Gasteiger partial charge is 0.123 e. The first-order valence-electron chi connectivity index (χ1n) is 25.1. The molecular weight excluding hydrogens is 951 g/mol. The summed E-state index contributed by atoms with van der Waals surface area (Å²) in [6.45, 7) is 2.08. The predicted octanol–water partition coefficient (Wildman–Crippen LogP) is 18.8. The number of benzene rings is 11. The molecule has 0 aliphatic heterocycles. The van der Waals surface area contributed by atoms with E-state index >= 15 is 0 Å². The maximum absolute atomic E-state index is 14.8. The van der Waals surface area contributed by atoms with Gasteiger partial charge < -0.3 is 23.5 Å². The largest absolute Gasteiger partial charge is 0.310 e. The lowest BCUT2D eigenvalue weighted by molar-refractivity contribution is 0.627. The van der Waals surface area contributed by atoms with Gasteiger partial charge in [-0.05, 0) is 201 Å². The minimum atomic E-state index is -0.339. The second kappa shape index (κ2) is 17.7. The number of halogens is 4. The average molecular weight is 994 g/mol. The molecule has 0 saturated carbocycles. The van der Waals surface area contributed by atoms with Gasteiger partial charge in [0.05, 0.1) is 33.1 Å². The first-order valence-corrected chi connectivity index (χ1v) is 25.1. The van der Waals surface area contributed by atoms with Gasteiger partial charge in [0.1, 0.15) is 23.3 Å². The molecule has 5 nitrogen and oxygen atoms in total. The summed E-state index contributed by atoms with van der Waals surface area (Å²) in [5.74, 6) is -1.28. The van der Waals surface area contributed by atoms with Crippen LogP contribution in [0.25, 0.3) is 82.5 Å². The third-order valence-corrected chi connectivity index (χ3v) is 14.7. The van der Waals surface area contributed by atoms with Crippen LogP contribution in [0.3, 0.4) is 0 Å². The lowest BCUT2D eigenvalue weighted by atomic mass is 10.1. The molecule has 0 aliphatic carbocycles. The molecule has 0 amide bonds. The standard InChI is InChI=1S/C67H43F4N5/c1-42-10-20-49(21-11-42)76-66-36-32-54(72(47-22-12-43(68)13-23-47)52-30-34-64-58(38-52)56-6-2-4-8-62(56)74(64)50-26-16-45(70)17-27-50)40-60(66)61-41-55(33-37-67(61)76)73(48-24-14-44(69)15-25-48)53-31-35-65-59(39-53)57-7-3-5-9-63(57)75(65)51-28-18-46(71)19-29-51/h2-41H,1H3. The molecular formula is C67H43F4N5. The number of para-hydroxylation sites is 2. The van der Waals surface area contributed by atoms with Crippen molar-refractivity contribution in [2.24, 2.45) is 0 Å². The zero-order valence-corrected chi connectivity index (χ0v) is 40.8. The number of anilines is 6. The molecule has 0 bridgehead atoms. The lowest BCUT2D eigenvalue weighted by Gasteiger charge is -2.26. The Morgan fingerprint density at radius 1 is 0.250 bits per heavy atom. The molecule has 0 saturated heterocycles. The van der Waals surface area contributed by atoms with E-state index in [4.69, 9.17) is 0 Å². The summed E-state index contributed by atoms with van der Waals surface area (Å²) in [5, 5.41) is 6.04. The molecule has 0 N–H and O–H groups in total. The number of rotatable bonds is 9. The highest BCUT2D eigenvalue weighted by Crippen LogP contribution is 2.45.